The molecular weight excluding hydrogens is 506 g/mol. The number of pyridine rings is 1. The van der Waals surface area contributed by atoms with Crippen LogP contribution in [0.15, 0.2) is 47.5 Å². The van der Waals surface area contributed by atoms with E-state index in [1.807, 2.05) is 43.4 Å². The Morgan fingerprint density at radius 2 is 1.37 bits per heavy atom. The van der Waals surface area contributed by atoms with Gasteiger partial charge >= 0.3 is 0 Å². The summed E-state index contributed by atoms with van der Waals surface area (Å²) in [5.74, 6) is 5.33. The molecule has 41 heavy (non-hydrogen) atoms. The molecule has 1 aromatic carbocycles. The second kappa shape index (κ2) is 17.8. The Bertz CT molecular complexity index is 1400. The molecule has 1 aliphatic carbocycles. The third-order valence-corrected chi connectivity index (χ3v) is 7.55. The predicted molar refractivity (Wildman–Crippen MR) is 170 cm³/mol. The molecule has 0 aromatic heterocycles. The van der Waals surface area contributed by atoms with Gasteiger partial charge in [0, 0.05) is 38.4 Å². The lowest BCUT2D eigenvalue weighted by atomic mass is 10.0. The van der Waals surface area contributed by atoms with Gasteiger partial charge in [-0.1, -0.05) is 63.5 Å². The monoisotopic (exact) mass is 551 g/mol. The van der Waals surface area contributed by atoms with Gasteiger partial charge < -0.3 is 9.88 Å². The van der Waals surface area contributed by atoms with E-state index in [4.69, 9.17) is 12.8 Å². The van der Waals surface area contributed by atoms with Gasteiger partial charge in [-0.05, 0) is 67.0 Å². The molecule has 0 bridgehead atoms. The first kappa shape index (κ1) is 31.7. The summed E-state index contributed by atoms with van der Waals surface area (Å²) in [7, 11) is 2.01. The lowest BCUT2D eigenvalue weighted by Gasteiger charge is -2.16. The fourth-order valence-electron chi connectivity index (χ4n) is 5.20. The van der Waals surface area contributed by atoms with Crippen molar-refractivity contribution in [2.24, 2.45) is 12.0 Å². The minimum Gasteiger partial charge on any atom is -0.344 e. The topological polar surface area (TPSA) is 63.5 Å². The van der Waals surface area contributed by atoms with Crippen LogP contribution in [0.3, 0.4) is 0 Å². The molecule has 5 heteroatoms. The lowest BCUT2D eigenvalue weighted by molar-refractivity contribution is -0.118. The number of terminal acetylenes is 2. The molecule has 1 aliphatic heterocycles. The number of rotatable bonds is 17. The summed E-state index contributed by atoms with van der Waals surface area (Å²) in [6.07, 6.45) is 26.3. The Balaban J connectivity index is 1.56. The minimum atomic E-state index is -0.0750. The molecule has 2 aliphatic rings. The average molecular weight is 552 g/mol. The molecule has 1 aromatic rings. The van der Waals surface area contributed by atoms with Gasteiger partial charge in [-0.3, -0.25) is 9.59 Å². The van der Waals surface area contributed by atoms with Crippen molar-refractivity contribution in [1.29, 1.82) is 0 Å². The molecule has 0 unspecified atom stereocenters. The van der Waals surface area contributed by atoms with Gasteiger partial charge in [-0.25, -0.2) is 4.99 Å². The van der Waals surface area contributed by atoms with Crippen LogP contribution in [0.2, 0.25) is 0 Å². The zero-order valence-corrected chi connectivity index (χ0v) is 24.7. The molecule has 0 radical (unpaired) electrons. The van der Waals surface area contributed by atoms with Crippen LogP contribution in [0, 0.1) is 24.7 Å². The summed E-state index contributed by atoms with van der Waals surface area (Å²) in [4.78, 5) is 29.4. The van der Waals surface area contributed by atoms with Crippen LogP contribution < -0.4 is 10.7 Å². The molecule has 3 rings (SSSR count). The molecule has 0 spiro atoms. The maximum absolute atomic E-state index is 12.5. The molecule has 2 amide bonds. The van der Waals surface area contributed by atoms with Crippen molar-refractivity contribution in [2.45, 2.75) is 103 Å². The van der Waals surface area contributed by atoms with E-state index in [0.717, 1.165) is 98.5 Å². The van der Waals surface area contributed by atoms with Gasteiger partial charge in [-0.15, -0.1) is 24.7 Å². The highest BCUT2D eigenvalue weighted by molar-refractivity contribution is 5.95. The van der Waals surface area contributed by atoms with E-state index in [9.17, 15) is 9.59 Å². The fraction of sp³-hybridized carbons (Fsp3) is 0.472. The van der Waals surface area contributed by atoms with E-state index < -0.39 is 0 Å². The lowest BCUT2D eigenvalue weighted by Crippen LogP contribution is -2.12. The van der Waals surface area contributed by atoms with Crippen molar-refractivity contribution >= 4 is 28.4 Å². The first-order valence-corrected chi connectivity index (χ1v) is 15.3. The van der Waals surface area contributed by atoms with E-state index in [1.165, 1.54) is 19.3 Å². The number of hydrogen-bond donors (Lipinski definition) is 1. The second-order valence-electron chi connectivity index (χ2n) is 10.9. The zero-order chi connectivity index (χ0) is 29.3. The van der Waals surface area contributed by atoms with Crippen LogP contribution in [0.1, 0.15) is 103 Å². The summed E-state index contributed by atoms with van der Waals surface area (Å²) in [5, 5.41) is 4.82. The van der Waals surface area contributed by atoms with Crippen LogP contribution in [-0.2, 0) is 16.6 Å². The van der Waals surface area contributed by atoms with Crippen molar-refractivity contribution in [2.75, 3.05) is 5.32 Å². The van der Waals surface area contributed by atoms with Crippen LogP contribution in [-0.4, -0.2) is 16.4 Å². The van der Waals surface area contributed by atoms with Crippen LogP contribution in [0.5, 0.6) is 0 Å². The molecule has 5 nitrogen and oxygen atoms in total. The van der Waals surface area contributed by atoms with E-state index in [0.29, 0.717) is 18.2 Å². The maximum atomic E-state index is 12.5. The van der Waals surface area contributed by atoms with Crippen molar-refractivity contribution in [3.05, 3.63) is 47.8 Å². The first-order valence-electron chi connectivity index (χ1n) is 15.3. The third-order valence-electron chi connectivity index (χ3n) is 7.55. The minimum absolute atomic E-state index is 0.0450. The molecule has 1 N–H and O–H groups in total. The number of anilines is 1. The number of benzene rings is 2. The van der Waals surface area contributed by atoms with E-state index in [-0.39, 0.29) is 11.8 Å². The number of carbonyl (C=O) groups is 2. The molecule has 0 saturated carbocycles. The van der Waals surface area contributed by atoms with Crippen molar-refractivity contribution < 1.29 is 9.59 Å². The largest absolute Gasteiger partial charge is 0.344 e. The average Bonchev–Trinajstić information content (AvgIpc) is 2.96. The highest BCUT2D eigenvalue weighted by Crippen LogP contribution is 2.28. The number of aryl methyl sites for hydroxylation is 1. The predicted octanol–water partition coefficient (Wildman–Crippen LogP) is 8.16. The number of hydrogen-bond acceptors (Lipinski definition) is 2. The molecule has 216 valence electrons. The summed E-state index contributed by atoms with van der Waals surface area (Å²) in [6, 6.07) is 14.0. The number of unbranched alkanes of at least 4 members (excludes halogenated alkanes) is 12. The van der Waals surface area contributed by atoms with E-state index in [2.05, 4.69) is 32.8 Å². The quantitative estimate of drug-likeness (QED) is 0.104. The molecule has 0 saturated heterocycles. The van der Waals surface area contributed by atoms with Gasteiger partial charge in [0.15, 0.2) is 0 Å². The number of carbonyl (C=O) groups excluding carboxylic acids is 2. The fourth-order valence-corrected chi connectivity index (χ4v) is 5.20. The molecule has 1 heterocycles. The van der Waals surface area contributed by atoms with Crippen molar-refractivity contribution in [3.63, 3.8) is 0 Å². The van der Waals surface area contributed by atoms with Crippen LogP contribution >= 0.6 is 0 Å². The normalized spacial score (nSPS) is 11.4. The van der Waals surface area contributed by atoms with Gasteiger partial charge in [0.25, 0.3) is 0 Å². The number of nitrogens with one attached hydrogen (secondary N) is 1. The van der Waals surface area contributed by atoms with Crippen LogP contribution in [0.4, 0.5) is 5.69 Å². The number of amides is 2. The van der Waals surface area contributed by atoms with E-state index in [1.54, 1.807) is 0 Å². The first-order chi connectivity index (χ1) is 20.0. The Hall–Kier alpha value is -3.83. The van der Waals surface area contributed by atoms with Gasteiger partial charge in [0.1, 0.15) is 0 Å². The third kappa shape index (κ3) is 10.9. The second-order valence-corrected chi connectivity index (χ2v) is 10.9. The summed E-state index contributed by atoms with van der Waals surface area (Å²) in [6.45, 7) is 0. The number of nitrogens with zero attached hydrogens (tertiary/aromatic N) is 2. The van der Waals surface area contributed by atoms with E-state index >= 15 is 0 Å². The number of fused-ring (bicyclic) bond motifs is 2. The smallest absolute Gasteiger partial charge is 0.246 e. The van der Waals surface area contributed by atoms with Crippen molar-refractivity contribution in [1.82, 2.24) is 4.57 Å². The molecule has 0 fully saturated rings. The van der Waals surface area contributed by atoms with Crippen molar-refractivity contribution in [3.8, 4) is 35.9 Å². The summed E-state index contributed by atoms with van der Waals surface area (Å²) >= 11 is 0. The summed E-state index contributed by atoms with van der Waals surface area (Å²) in [5.41, 5.74) is 3.86. The standard InChI is InChI=1S/C36H45N3O2/c1-4-6-8-10-12-14-16-18-20-35(40)37-31-24-22-29-26-30-23-25-32(28-34(30)39(3)33(29)27-31)38-36(41)21-19-17-15-13-11-9-7-5-2/h1-2,22-28H,6-21H2,3H3,(H,37,40). The molecular formula is C36H45N3O2. The highest BCUT2D eigenvalue weighted by Gasteiger charge is 2.11. The Labute approximate surface area is 246 Å². The van der Waals surface area contributed by atoms with Crippen LogP contribution in [0.25, 0.3) is 22.2 Å². The SMILES string of the molecule is C#CCCCCCCCCC(=O)N=c1ccc2cc3ccc(NC(=O)CCCCCCCCC#C)cc3n(C)c-2c1. The highest BCUT2D eigenvalue weighted by atomic mass is 16.2. The maximum Gasteiger partial charge on any atom is 0.246 e. The Morgan fingerprint density at radius 3 is 2.02 bits per heavy atom. The zero-order valence-electron chi connectivity index (χ0n) is 24.7. The van der Waals surface area contributed by atoms with Gasteiger partial charge in [0.05, 0.1) is 16.6 Å². The van der Waals surface area contributed by atoms with Gasteiger partial charge in [-0.2, -0.15) is 0 Å². The van der Waals surface area contributed by atoms with Gasteiger partial charge in [0.2, 0.25) is 11.8 Å². The Kier molecular flexibility index (Phi) is 13.7. The number of aromatic nitrogens is 1. The molecule has 0 atom stereocenters. The Morgan fingerprint density at radius 1 is 0.756 bits per heavy atom. The summed E-state index contributed by atoms with van der Waals surface area (Å²) < 4.78 is 2.10.